The predicted molar refractivity (Wildman–Crippen MR) is 121 cm³/mol. The van der Waals surface area contributed by atoms with Gasteiger partial charge in [-0.3, -0.25) is 4.79 Å². The van der Waals surface area contributed by atoms with E-state index in [4.69, 9.17) is 21.6 Å². The maximum Gasteiger partial charge on any atom is 0.170 e. The van der Waals surface area contributed by atoms with Crippen molar-refractivity contribution in [2.24, 2.45) is 16.7 Å². The molecule has 0 aliphatic heterocycles. The van der Waals surface area contributed by atoms with Gasteiger partial charge >= 0.3 is 0 Å². The van der Waals surface area contributed by atoms with E-state index in [9.17, 15) is 9.90 Å². The number of aliphatic hydroxyl groups is 1. The first-order valence-electron chi connectivity index (χ1n) is 10.6. The van der Waals surface area contributed by atoms with Gasteiger partial charge in [0.1, 0.15) is 23.3 Å². The van der Waals surface area contributed by atoms with Crippen LogP contribution < -0.4 is 4.74 Å². The van der Waals surface area contributed by atoms with E-state index in [0.29, 0.717) is 27.7 Å². The van der Waals surface area contributed by atoms with Gasteiger partial charge in [-0.1, -0.05) is 45.4 Å². The molecule has 0 spiro atoms. The summed E-state index contributed by atoms with van der Waals surface area (Å²) in [6, 6.07) is 12.5. The van der Waals surface area contributed by atoms with Crippen molar-refractivity contribution in [3.63, 3.8) is 0 Å². The molecule has 2 bridgehead atoms. The summed E-state index contributed by atoms with van der Waals surface area (Å²) in [5, 5.41) is 20.7. The SMILES string of the molecule is CCc1ccc(Oc2ccc(C#N)c(Cl)c2)cc1C1=C(O)[C@@]2(C)CC[C@@H](C1=O)C2(C)C. The quantitative estimate of drug-likeness (QED) is 0.569. The summed E-state index contributed by atoms with van der Waals surface area (Å²) < 4.78 is 5.99. The number of nitrogens with zero attached hydrogens (tertiary/aromatic N) is 1. The van der Waals surface area contributed by atoms with Gasteiger partial charge in [-0.25, -0.2) is 0 Å². The number of Topliss-reactive ketones (excluding diaryl/α,β-unsaturated/α-hetero) is 1. The van der Waals surface area contributed by atoms with Crippen molar-refractivity contribution >= 4 is 23.0 Å². The van der Waals surface area contributed by atoms with E-state index in [0.717, 1.165) is 30.4 Å². The molecule has 1 fully saturated rings. The van der Waals surface area contributed by atoms with Gasteiger partial charge in [0.2, 0.25) is 0 Å². The summed E-state index contributed by atoms with van der Waals surface area (Å²) in [4.78, 5) is 13.5. The van der Waals surface area contributed by atoms with Gasteiger partial charge in [0.25, 0.3) is 0 Å². The molecule has 2 aliphatic rings. The summed E-state index contributed by atoms with van der Waals surface area (Å²) in [5.74, 6) is 1.16. The lowest BCUT2D eigenvalue weighted by atomic mass is 9.58. The third-order valence-corrected chi connectivity index (χ3v) is 7.89. The maximum absolute atomic E-state index is 13.5. The number of allylic oxidation sites excluding steroid dienone is 2. The Labute approximate surface area is 188 Å². The first kappa shape index (κ1) is 21.5. The zero-order valence-electron chi connectivity index (χ0n) is 18.3. The van der Waals surface area contributed by atoms with Crippen LogP contribution in [0.4, 0.5) is 0 Å². The van der Waals surface area contributed by atoms with E-state index in [1.807, 2.05) is 31.2 Å². The molecule has 2 aliphatic carbocycles. The summed E-state index contributed by atoms with van der Waals surface area (Å²) >= 11 is 6.13. The lowest BCUT2D eigenvalue weighted by Crippen LogP contribution is -2.43. The van der Waals surface area contributed by atoms with E-state index < -0.39 is 5.41 Å². The Hall–Kier alpha value is -2.77. The molecule has 4 rings (SSSR count). The zero-order chi connectivity index (χ0) is 22.6. The minimum atomic E-state index is -0.427. The van der Waals surface area contributed by atoms with Gasteiger partial charge in [0, 0.05) is 17.4 Å². The third-order valence-electron chi connectivity index (χ3n) is 7.58. The highest BCUT2D eigenvalue weighted by Crippen LogP contribution is 2.64. The molecule has 1 saturated carbocycles. The van der Waals surface area contributed by atoms with Crippen LogP contribution in [0.15, 0.2) is 42.2 Å². The summed E-state index contributed by atoms with van der Waals surface area (Å²) in [7, 11) is 0. The molecular formula is C26H26ClNO3. The van der Waals surface area contributed by atoms with Crippen molar-refractivity contribution in [2.75, 3.05) is 0 Å². The number of aryl methyl sites for hydroxylation is 1. The Morgan fingerprint density at radius 1 is 1.19 bits per heavy atom. The Kier molecular flexibility index (Phi) is 5.14. The van der Waals surface area contributed by atoms with Crippen LogP contribution in [0, 0.1) is 28.1 Å². The minimum absolute atomic E-state index is 0.0192. The zero-order valence-corrected chi connectivity index (χ0v) is 19.0. The summed E-state index contributed by atoms with van der Waals surface area (Å²) in [5.41, 5.74) is 1.83. The Balaban J connectivity index is 1.80. The van der Waals surface area contributed by atoms with Crippen LogP contribution >= 0.6 is 11.6 Å². The number of aliphatic hydroxyl groups excluding tert-OH is 1. The Morgan fingerprint density at radius 2 is 1.87 bits per heavy atom. The minimum Gasteiger partial charge on any atom is -0.511 e. The topological polar surface area (TPSA) is 70.3 Å². The molecular weight excluding hydrogens is 410 g/mol. The van der Waals surface area contributed by atoms with Crippen LogP contribution in [0.25, 0.3) is 5.57 Å². The molecule has 0 unspecified atom stereocenters. The third kappa shape index (κ3) is 3.15. The molecule has 2 aromatic carbocycles. The molecule has 160 valence electrons. The van der Waals surface area contributed by atoms with Crippen molar-refractivity contribution in [1.82, 2.24) is 0 Å². The van der Waals surface area contributed by atoms with Crippen molar-refractivity contribution in [1.29, 1.82) is 5.26 Å². The number of fused-ring (bicyclic) bond motifs is 2. The van der Waals surface area contributed by atoms with E-state index in [1.165, 1.54) is 0 Å². The number of halogens is 1. The van der Waals surface area contributed by atoms with Gasteiger partial charge in [0.15, 0.2) is 5.78 Å². The van der Waals surface area contributed by atoms with Crippen LogP contribution in [0.3, 0.4) is 0 Å². The van der Waals surface area contributed by atoms with Crippen LogP contribution in [-0.4, -0.2) is 10.9 Å². The van der Waals surface area contributed by atoms with Crippen molar-refractivity contribution in [3.8, 4) is 17.6 Å². The van der Waals surface area contributed by atoms with E-state index in [1.54, 1.807) is 18.2 Å². The highest BCUT2D eigenvalue weighted by atomic mass is 35.5. The largest absolute Gasteiger partial charge is 0.511 e. The number of benzene rings is 2. The van der Waals surface area contributed by atoms with Crippen LogP contribution in [0.1, 0.15) is 57.2 Å². The van der Waals surface area contributed by atoms with Gasteiger partial charge in [-0.05, 0) is 60.1 Å². The standard InChI is InChI=1S/C26H26ClNO3/c1-5-15-6-8-17(31-18-9-7-16(14-28)21(27)13-18)12-19(15)22-23(29)20-10-11-26(4,24(22)30)25(20,2)3/h6-9,12-13,20,30H,5,10-11H2,1-4H3/t20-,26+/m0/s1. The monoisotopic (exact) mass is 435 g/mol. The van der Waals surface area contributed by atoms with E-state index in [-0.39, 0.29) is 22.9 Å². The number of hydrogen-bond donors (Lipinski definition) is 1. The number of ketones is 1. The maximum atomic E-state index is 13.5. The van der Waals surface area contributed by atoms with Crippen LogP contribution in [0.5, 0.6) is 11.5 Å². The number of hydrogen-bond acceptors (Lipinski definition) is 4. The van der Waals surface area contributed by atoms with E-state index >= 15 is 0 Å². The number of carbonyl (C=O) groups is 1. The number of nitriles is 1. The van der Waals surface area contributed by atoms with Crippen molar-refractivity contribution in [2.45, 2.75) is 47.0 Å². The number of carbonyl (C=O) groups excluding carboxylic acids is 1. The molecule has 0 radical (unpaired) electrons. The van der Waals surface area contributed by atoms with Crippen molar-refractivity contribution in [3.05, 3.63) is 63.9 Å². The molecule has 1 N–H and O–H groups in total. The fourth-order valence-electron chi connectivity index (χ4n) is 5.16. The molecule has 4 nitrogen and oxygen atoms in total. The van der Waals surface area contributed by atoms with Gasteiger partial charge in [-0.2, -0.15) is 5.26 Å². The molecule has 31 heavy (non-hydrogen) atoms. The molecule has 0 amide bonds. The molecule has 0 aromatic heterocycles. The second-order valence-electron chi connectivity index (χ2n) is 9.26. The van der Waals surface area contributed by atoms with Crippen LogP contribution in [0.2, 0.25) is 5.02 Å². The smallest absolute Gasteiger partial charge is 0.170 e. The van der Waals surface area contributed by atoms with Gasteiger partial charge in [0.05, 0.1) is 16.2 Å². The first-order valence-corrected chi connectivity index (χ1v) is 11.0. The Bertz CT molecular complexity index is 1160. The fourth-order valence-corrected chi connectivity index (χ4v) is 5.37. The highest BCUT2D eigenvalue weighted by molar-refractivity contribution is 6.31. The molecule has 0 heterocycles. The lowest BCUT2D eigenvalue weighted by Gasteiger charge is -2.45. The molecule has 0 saturated heterocycles. The van der Waals surface area contributed by atoms with E-state index in [2.05, 4.69) is 20.8 Å². The summed E-state index contributed by atoms with van der Waals surface area (Å²) in [6.07, 6.45) is 2.32. The summed E-state index contributed by atoms with van der Waals surface area (Å²) in [6.45, 7) is 8.28. The number of rotatable bonds is 4. The first-order chi connectivity index (χ1) is 14.6. The molecule has 2 atom stereocenters. The second-order valence-corrected chi connectivity index (χ2v) is 9.67. The fraction of sp³-hybridized carbons (Fsp3) is 0.385. The van der Waals surface area contributed by atoms with Crippen LogP contribution in [-0.2, 0) is 11.2 Å². The average molecular weight is 436 g/mol. The Morgan fingerprint density at radius 3 is 2.52 bits per heavy atom. The normalized spacial score (nSPS) is 24.3. The number of ether oxygens (including phenoxy) is 1. The van der Waals surface area contributed by atoms with Crippen molar-refractivity contribution < 1.29 is 14.6 Å². The second kappa shape index (κ2) is 7.43. The predicted octanol–water partition coefficient (Wildman–Crippen LogP) is 6.86. The molecule has 2 aromatic rings. The van der Waals surface area contributed by atoms with Gasteiger partial charge < -0.3 is 9.84 Å². The molecule has 5 heteroatoms. The lowest BCUT2D eigenvalue weighted by molar-refractivity contribution is -0.122. The highest BCUT2D eigenvalue weighted by Gasteiger charge is 2.61. The average Bonchev–Trinajstić information content (AvgIpc) is 2.91. The van der Waals surface area contributed by atoms with Gasteiger partial charge in [-0.15, -0.1) is 0 Å².